The van der Waals surface area contributed by atoms with Gasteiger partial charge in [0, 0.05) is 32.0 Å². The van der Waals surface area contributed by atoms with Crippen molar-refractivity contribution in [3.63, 3.8) is 0 Å². The number of carbonyl (C=O) groups excluding carboxylic acids is 3. The highest BCUT2D eigenvalue weighted by molar-refractivity contribution is 5.94. The topological polar surface area (TPSA) is 112 Å². The molecule has 2 fully saturated rings. The molecular weight excluding hydrogens is 670 g/mol. The van der Waals surface area contributed by atoms with Gasteiger partial charge in [0.2, 0.25) is 0 Å². The molecule has 0 spiro atoms. The summed E-state index contributed by atoms with van der Waals surface area (Å²) < 4.78 is 23.4. The number of fused-ring (bicyclic) bond motifs is 2. The van der Waals surface area contributed by atoms with Crippen molar-refractivity contribution >= 4 is 17.7 Å². The largest absolute Gasteiger partial charge is 0.508 e. The summed E-state index contributed by atoms with van der Waals surface area (Å²) >= 11 is 0. The second kappa shape index (κ2) is 16.7. The van der Waals surface area contributed by atoms with Gasteiger partial charge in [0.25, 0.3) is 0 Å². The Morgan fingerprint density at radius 1 is 0.906 bits per heavy atom. The molecule has 9 nitrogen and oxygen atoms in total. The molecule has 0 saturated carbocycles. The van der Waals surface area contributed by atoms with Gasteiger partial charge in [-0.25, -0.2) is 4.79 Å². The van der Waals surface area contributed by atoms with Crippen LogP contribution < -0.4 is 4.74 Å². The number of ketones is 2. The Kier molecular flexibility index (Phi) is 12.5. The Bertz CT molecular complexity index is 1790. The lowest BCUT2D eigenvalue weighted by Crippen LogP contribution is -2.44. The number of aryl methyl sites for hydroxylation is 2. The molecule has 2 heterocycles. The van der Waals surface area contributed by atoms with Gasteiger partial charge in [0.1, 0.15) is 22.9 Å². The summed E-state index contributed by atoms with van der Waals surface area (Å²) in [7, 11) is 3.33. The number of ether oxygens (including phenoxy) is 4. The minimum atomic E-state index is -0.567. The lowest BCUT2D eigenvalue weighted by Gasteiger charge is -2.41. The van der Waals surface area contributed by atoms with E-state index >= 15 is 0 Å². The Balaban J connectivity index is 0.000000208. The smallest absolute Gasteiger partial charge is 0.414 e. The third kappa shape index (κ3) is 8.52. The molecule has 0 bridgehead atoms. The number of benzene rings is 2. The molecule has 0 radical (unpaired) electrons. The molecular formula is C44H55NO8. The van der Waals surface area contributed by atoms with Crippen molar-refractivity contribution in [2.75, 3.05) is 27.5 Å². The lowest BCUT2D eigenvalue weighted by molar-refractivity contribution is -0.123. The second-order valence-electron chi connectivity index (χ2n) is 15.3. The number of aromatic hydroxyl groups is 1. The first-order chi connectivity index (χ1) is 25.2. The quantitative estimate of drug-likeness (QED) is 0.231. The van der Waals surface area contributed by atoms with Gasteiger partial charge in [0.05, 0.1) is 12.2 Å². The van der Waals surface area contributed by atoms with Gasteiger partial charge < -0.3 is 29.0 Å². The summed E-state index contributed by atoms with van der Waals surface area (Å²) in [6.45, 7) is 16.5. The van der Waals surface area contributed by atoms with Crippen LogP contribution in [0.3, 0.4) is 0 Å². The molecule has 284 valence electrons. The van der Waals surface area contributed by atoms with Crippen molar-refractivity contribution in [2.45, 2.75) is 83.8 Å². The van der Waals surface area contributed by atoms with Gasteiger partial charge in [-0.3, -0.25) is 9.59 Å². The molecule has 2 aliphatic carbocycles. The van der Waals surface area contributed by atoms with Crippen LogP contribution in [0.15, 0.2) is 85.2 Å². The van der Waals surface area contributed by atoms with E-state index in [-0.39, 0.29) is 48.1 Å². The van der Waals surface area contributed by atoms with Crippen molar-refractivity contribution in [3.05, 3.63) is 107 Å². The highest BCUT2D eigenvalue weighted by atomic mass is 16.7. The molecule has 4 aliphatic rings. The van der Waals surface area contributed by atoms with Gasteiger partial charge in [-0.1, -0.05) is 50.3 Å². The summed E-state index contributed by atoms with van der Waals surface area (Å²) in [6, 6.07) is 11.7. The summed E-state index contributed by atoms with van der Waals surface area (Å²) in [5, 5.41) is 9.93. The van der Waals surface area contributed by atoms with E-state index in [0.717, 1.165) is 47.1 Å². The number of carbonyl (C=O) groups is 3. The van der Waals surface area contributed by atoms with E-state index in [2.05, 4.69) is 33.1 Å². The number of allylic oxidation sites excluding steroid dienone is 4. The van der Waals surface area contributed by atoms with Crippen LogP contribution in [0.5, 0.6) is 11.5 Å². The van der Waals surface area contributed by atoms with Gasteiger partial charge in [-0.2, -0.15) is 0 Å². The zero-order chi connectivity index (χ0) is 38.5. The normalized spacial score (nSPS) is 25.7. The third-order valence-corrected chi connectivity index (χ3v) is 11.4. The average molecular weight is 726 g/mol. The van der Waals surface area contributed by atoms with Gasteiger partial charge in [-0.05, 0) is 117 Å². The highest BCUT2D eigenvalue weighted by Crippen LogP contribution is 2.48. The number of phenols is 1. The van der Waals surface area contributed by atoms with E-state index in [9.17, 15) is 19.5 Å². The van der Waals surface area contributed by atoms with Gasteiger partial charge >= 0.3 is 6.09 Å². The third-order valence-electron chi connectivity index (χ3n) is 11.4. The van der Waals surface area contributed by atoms with E-state index in [1.807, 2.05) is 50.3 Å². The number of rotatable bonds is 11. The summed E-state index contributed by atoms with van der Waals surface area (Å²) in [6.07, 6.45) is 11.6. The van der Waals surface area contributed by atoms with E-state index in [1.54, 1.807) is 32.3 Å². The first-order valence-electron chi connectivity index (χ1n) is 18.6. The van der Waals surface area contributed by atoms with Crippen LogP contribution in [0.4, 0.5) is 4.79 Å². The predicted molar refractivity (Wildman–Crippen MR) is 205 cm³/mol. The maximum Gasteiger partial charge on any atom is 0.414 e. The maximum atomic E-state index is 12.5. The molecule has 6 rings (SSSR count). The van der Waals surface area contributed by atoms with Crippen LogP contribution in [0.2, 0.25) is 0 Å². The number of amides is 1. The fraction of sp³-hybridized carbons (Fsp3) is 0.477. The molecule has 1 N–H and O–H groups in total. The summed E-state index contributed by atoms with van der Waals surface area (Å²) in [5.74, 6) is 1.96. The SMILES string of the molecule is C=CC[C@H]1C[C@]2([C@@H](C)Cc3ccc(C)c(O)c3)OCOC2=CC1=O.C=CC[C@H]1C[C@]2([C@@H](C)Cc3ccc(C)c(OC(=O)N(C)C)c3)OCCC2=CC1=O. The molecule has 53 heavy (non-hydrogen) atoms. The second-order valence-corrected chi connectivity index (χ2v) is 15.3. The maximum absolute atomic E-state index is 12.5. The molecule has 2 aromatic rings. The highest BCUT2D eigenvalue weighted by Gasteiger charge is 2.52. The molecule has 2 aliphatic heterocycles. The number of phenolic OH excluding ortho intramolecular Hbond substituents is 1. The van der Waals surface area contributed by atoms with Crippen molar-refractivity contribution in [2.24, 2.45) is 23.7 Å². The number of hydrogen-bond acceptors (Lipinski definition) is 8. The summed E-state index contributed by atoms with van der Waals surface area (Å²) in [4.78, 5) is 38.1. The van der Waals surface area contributed by atoms with Crippen LogP contribution in [0.25, 0.3) is 0 Å². The van der Waals surface area contributed by atoms with Crippen molar-refractivity contribution < 1.29 is 38.4 Å². The standard InChI is InChI=1S/C24H31NO4.C20H24O4/c1-6-7-19-15-24(20(10-11-28-24)14-21(19)26)17(3)12-18-9-8-16(2)22(13-18)29-23(27)25(4)5;1-4-5-16-11-20(19(10-18(16)22)23-12-24-20)14(3)8-15-7-6-13(2)17(21)9-15/h6,8-9,13-14,17,19H,1,7,10-12,15H2,2-5H3;4,6-7,9-10,14,16,21H,1,5,8,11-12H2,2-3H3/t17-,19-,24+;14-,16-,20+/m00/s1. The lowest BCUT2D eigenvalue weighted by atomic mass is 9.68. The molecule has 0 aromatic heterocycles. The van der Waals surface area contributed by atoms with Crippen LogP contribution in [-0.4, -0.2) is 66.4 Å². The van der Waals surface area contributed by atoms with Crippen molar-refractivity contribution in [1.29, 1.82) is 0 Å². The Hall–Kier alpha value is -4.47. The number of hydrogen-bond donors (Lipinski definition) is 1. The molecule has 6 atom stereocenters. The Labute approximate surface area is 314 Å². The minimum absolute atomic E-state index is 0.0635. The molecule has 2 aromatic carbocycles. The molecule has 0 unspecified atom stereocenters. The van der Waals surface area contributed by atoms with Gasteiger partial charge in [-0.15, -0.1) is 13.2 Å². The van der Waals surface area contributed by atoms with Gasteiger partial charge in [0.15, 0.2) is 18.4 Å². The van der Waals surface area contributed by atoms with Crippen LogP contribution in [0, 0.1) is 37.5 Å². The van der Waals surface area contributed by atoms with E-state index in [1.165, 1.54) is 4.90 Å². The fourth-order valence-electron chi connectivity index (χ4n) is 8.15. The zero-order valence-electron chi connectivity index (χ0n) is 32.1. The summed E-state index contributed by atoms with van der Waals surface area (Å²) in [5.41, 5.74) is 4.08. The zero-order valence-corrected chi connectivity index (χ0v) is 32.1. The Morgan fingerprint density at radius 3 is 2.11 bits per heavy atom. The molecule has 1 amide bonds. The molecule has 9 heteroatoms. The number of nitrogens with zero attached hydrogens (tertiary/aromatic N) is 1. The first kappa shape index (κ1) is 39.7. The first-order valence-corrected chi connectivity index (χ1v) is 18.6. The van der Waals surface area contributed by atoms with Crippen molar-refractivity contribution in [1.82, 2.24) is 4.90 Å². The molecule has 2 saturated heterocycles. The monoisotopic (exact) mass is 725 g/mol. The van der Waals surface area contributed by atoms with E-state index in [0.29, 0.717) is 49.5 Å². The van der Waals surface area contributed by atoms with Crippen LogP contribution >= 0.6 is 0 Å². The average Bonchev–Trinajstić information content (AvgIpc) is 3.73. The van der Waals surface area contributed by atoms with E-state index in [4.69, 9.17) is 18.9 Å². The Morgan fingerprint density at radius 2 is 1.49 bits per heavy atom. The van der Waals surface area contributed by atoms with E-state index < -0.39 is 11.2 Å². The fourth-order valence-corrected chi connectivity index (χ4v) is 8.15. The predicted octanol–water partition coefficient (Wildman–Crippen LogP) is 8.16. The van der Waals surface area contributed by atoms with Crippen LogP contribution in [0.1, 0.15) is 68.2 Å². The van der Waals surface area contributed by atoms with Crippen molar-refractivity contribution in [3.8, 4) is 11.5 Å². The van der Waals surface area contributed by atoms with Crippen LogP contribution in [-0.2, 0) is 36.6 Å². The minimum Gasteiger partial charge on any atom is -0.508 e.